The van der Waals surface area contributed by atoms with Crippen LogP contribution in [0.3, 0.4) is 0 Å². The number of nitriles is 1. The largest absolute Gasteiger partial charge is 0.321 e. The quantitative estimate of drug-likeness (QED) is 0.899. The van der Waals surface area contributed by atoms with Crippen molar-refractivity contribution in [2.75, 3.05) is 5.32 Å². The van der Waals surface area contributed by atoms with Crippen LogP contribution in [0.1, 0.15) is 15.9 Å². The number of amides is 1. The number of nitrogens with zero attached hydrogens (tertiary/aromatic N) is 1. The highest BCUT2D eigenvalue weighted by atomic mass is 19.2. The van der Waals surface area contributed by atoms with Gasteiger partial charge >= 0.3 is 0 Å². The molecule has 5 heteroatoms. The summed E-state index contributed by atoms with van der Waals surface area (Å²) in [5, 5.41) is 11.3. The average Bonchev–Trinajstić information content (AvgIpc) is 2.42. The van der Waals surface area contributed by atoms with Gasteiger partial charge in [0.15, 0.2) is 11.6 Å². The van der Waals surface area contributed by atoms with Crippen LogP contribution in [0, 0.1) is 23.0 Å². The number of hydrogen-bond donors (Lipinski definition) is 1. The van der Waals surface area contributed by atoms with Crippen LogP contribution in [-0.2, 0) is 0 Å². The van der Waals surface area contributed by atoms with Gasteiger partial charge in [-0.05, 0) is 30.3 Å². The summed E-state index contributed by atoms with van der Waals surface area (Å²) in [5.74, 6) is -2.73. The van der Waals surface area contributed by atoms with Crippen LogP contribution in [0.25, 0.3) is 0 Å². The molecule has 0 saturated heterocycles. The van der Waals surface area contributed by atoms with Gasteiger partial charge in [0.05, 0.1) is 11.3 Å². The van der Waals surface area contributed by atoms with Crippen LogP contribution < -0.4 is 5.32 Å². The van der Waals surface area contributed by atoms with Gasteiger partial charge in [-0.15, -0.1) is 0 Å². The SMILES string of the molecule is N#Cc1ccccc1NC(=O)c1ccc(F)c(F)c1. The van der Waals surface area contributed by atoms with Crippen molar-refractivity contribution in [3.63, 3.8) is 0 Å². The Labute approximate surface area is 108 Å². The zero-order valence-electron chi connectivity index (χ0n) is 9.65. The molecule has 0 bridgehead atoms. The monoisotopic (exact) mass is 258 g/mol. The van der Waals surface area contributed by atoms with Crippen molar-refractivity contribution in [2.45, 2.75) is 0 Å². The molecule has 2 rings (SSSR count). The van der Waals surface area contributed by atoms with E-state index in [0.717, 1.165) is 12.1 Å². The number of carbonyl (C=O) groups excluding carboxylic acids is 1. The molecule has 0 heterocycles. The van der Waals surface area contributed by atoms with Gasteiger partial charge in [-0.2, -0.15) is 5.26 Å². The summed E-state index contributed by atoms with van der Waals surface area (Å²) in [6.45, 7) is 0. The maximum Gasteiger partial charge on any atom is 0.255 e. The van der Waals surface area contributed by atoms with Gasteiger partial charge < -0.3 is 5.32 Å². The van der Waals surface area contributed by atoms with E-state index in [0.29, 0.717) is 11.3 Å². The van der Waals surface area contributed by atoms with E-state index in [1.165, 1.54) is 6.07 Å². The number of nitrogens with one attached hydrogen (secondary N) is 1. The third kappa shape index (κ3) is 2.75. The highest BCUT2D eigenvalue weighted by molar-refractivity contribution is 6.04. The summed E-state index contributed by atoms with van der Waals surface area (Å²) in [6, 6.07) is 11.2. The van der Waals surface area contributed by atoms with E-state index in [2.05, 4.69) is 5.32 Å². The Morgan fingerprint density at radius 1 is 1.11 bits per heavy atom. The Balaban J connectivity index is 2.26. The number of carbonyl (C=O) groups is 1. The number of hydrogen-bond acceptors (Lipinski definition) is 2. The highest BCUT2D eigenvalue weighted by Crippen LogP contribution is 2.16. The maximum absolute atomic E-state index is 13.0. The fraction of sp³-hybridized carbons (Fsp3) is 0. The van der Waals surface area contributed by atoms with Gasteiger partial charge in [0, 0.05) is 5.56 Å². The Morgan fingerprint density at radius 2 is 1.84 bits per heavy atom. The van der Waals surface area contributed by atoms with Crippen LogP contribution in [0.4, 0.5) is 14.5 Å². The number of para-hydroxylation sites is 1. The summed E-state index contributed by atoms with van der Waals surface area (Å²) >= 11 is 0. The van der Waals surface area contributed by atoms with E-state index < -0.39 is 17.5 Å². The summed E-state index contributed by atoms with van der Waals surface area (Å²) in [7, 11) is 0. The molecular formula is C14H8F2N2O. The van der Waals surface area contributed by atoms with Crippen LogP contribution in [0.5, 0.6) is 0 Å². The second kappa shape index (κ2) is 5.27. The average molecular weight is 258 g/mol. The van der Waals surface area contributed by atoms with Crippen LogP contribution >= 0.6 is 0 Å². The Hall–Kier alpha value is -2.74. The first-order chi connectivity index (χ1) is 9.11. The molecule has 0 aliphatic rings. The van der Waals surface area contributed by atoms with Gasteiger partial charge in [-0.1, -0.05) is 12.1 Å². The highest BCUT2D eigenvalue weighted by Gasteiger charge is 2.11. The molecule has 0 aliphatic carbocycles. The molecule has 0 radical (unpaired) electrons. The van der Waals surface area contributed by atoms with Crippen molar-refractivity contribution >= 4 is 11.6 Å². The Morgan fingerprint density at radius 3 is 2.53 bits per heavy atom. The molecule has 1 N–H and O–H groups in total. The zero-order chi connectivity index (χ0) is 13.8. The minimum atomic E-state index is -1.10. The van der Waals surface area contributed by atoms with Gasteiger partial charge in [0.2, 0.25) is 0 Å². The molecule has 1 amide bonds. The van der Waals surface area contributed by atoms with Crippen molar-refractivity contribution in [2.24, 2.45) is 0 Å². The lowest BCUT2D eigenvalue weighted by atomic mass is 10.1. The maximum atomic E-state index is 13.0. The first kappa shape index (κ1) is 12.7. The Kier molecular flexibility index (Phi) is 3.53. The lowest BCUT2D eigenvalue weighted by Gasteiger charge is -2.06. The van der Waals surface area contributed by atoms with E-state index in [1.54, 1.807) is 24.3 Å². The first-order valence-electron chi connectivity index (χ1n) is 5.37. The summed E-state index contributed by atoms with van der Waals surface area (Å²) < 4.78 is 25.8. The van der Waals surface area contributed by atoms with Crippen molar-refractivity contribution in [3.05, 3.63) is 65.2 Å². The zero-order valence-corrected chi connectivity index (χ0v) is 9.65. The van der Waals surface area contributed by atoms with E-state index in [-0.39, 0.29) is 5.56 Å². The number of anilines is 1. The standard InChI is InChI=1S/C14H8F2N2O/c15-11-6-5-9(7-12(11)16)14(19)18-13-4-2-1-3-10(13)8-17/h1-7H,(H,18,19). The third-order valence-corrected chi connectivity index (χ3v) is 2.48. The minimum absolute atomic E-state index is 0.0216. The summed E-state index contributed by atoms with van der Waals surface area (Å²) in [4.78, 5) is 11.8. The van der Waals surface area contributed by atoms with Crippen molar-refractivity contribution in [1.29, 1.82) is 5.26 Å². The first-order valence-corrected chi connectivity index (χ1v) is 5.37. The topological polar surface area (TPSA) is 52.9 Å². The minimum Gasteiger partial charge on any atom is -0.321 e. The Bertz CT molecular complexity index is 677. The molecule has 2 aromatic rings. The molecule has 3 nitrogen and oxygen atoms in total. The predicted octanol–water partition coefficient (Wildman–Crippen LogP) is 3.09. The fourth-order valence-corrected chi connectivity index (χ4v) is 1.52. The van der Waals surface area contributed by atoms with Crippen molar-refractivity contribution in [1.82, 2.24) is 0 Å². The van der Waals surface area contributed by atoms with Crippen LogP contribution in [0.15, 0.2) is 42.5 Å². The number of halogens is 2. The lowest BCUT2D eigenvalue weighted by Crippen LogP contribution is -2.13. The van der Waals surface area contributed by atoms with Gasteiger partial charge in [-0.3, -0.25) is 4.79 Å². The second-order valence-corrected chi connectivity index (χ2v) is 3.74. The molecule has 0 atom stereocenters. The van der Waals surface area contributed by atoms with E-state index in [9.17, 15) is 13.6 Å². The van der Waals surface area contributed by atoms with Gasteiger partial charge in [0.1, 0.15) is 6.07 Å². The molecular weight excluding hydrogens is 250 g/mol. The molecule has 2 aromatic carbocycles. The molecule has 0 aromatic heterocycles. The predicted molar refractivity (Wildman–Crippen MR) is 65.5 cm³/mol. The van der Waals surface area contributed by atoms with E-state index in [4.69, 9.17) is 5.26 Å². The smallest absolute Gasteiger partial charge is 0.255 e. The van der Waals surface area contributed by atoms with Crippen molar-refractivity contribution < 1.29 is 13.6 Å². The van der Waals surface area contributed by atoms with Crippen LogP contribution in [0.2, 0.25) is 0 Å². The van der Waals surface area contributed by atoms with Crippen LogP contribution in [-0.4, -0.2) is 5.91 Å². The second-order valence-electron chi connectivity index (χ2n) is 3.74. The lowest BCUT2D eigenvalue weighted by molar-refractivity contribution is 0.102. The molecule has 94 valence electrons. The van der Waals surface area contributed by atoms with E-state index in [1.807, 2.05) is 6.07 Å². The molecule has 0 saturated carbocycles. The molecule has 0 spiro atoms. The van der Waals surface area contributed by atoms with Crippen molar-refractivity contribution in [3.8, 4) is 6.07 Å². The molecule has 0 unspecified atom stereocenters. The van der Waals surface area contributed by atoms with Gasteiger partial charge in [0.25, 0.3) is 5.91 Å². The number of benzene rings is 2. The summed E-state index contributed by atoms with van der Waals surface area (Å²) in [6.07, 6.45) is 0. The van der Waals surface area contributed by atoms with E-state index >= 15 is 0 Å². The molecule has 19 heavy (non-hydrogen) atoms. The van der Waals surface area contributed by atoms with Gasteiger partial charge in [-0.25, -0.2) is 8.78 Å². The normalized spacial score (nSPS) is 9.74. The molecule has 0 aliphatic heterocycles. The molecule has 0 fully saturated rings. The fourth-order valence-electron chi connectivity index (χ4n) is 1.52. The summed E-state index contributed by atoms with van der Waals surface area (Å²) in [5.41, 5.74) is 0.588. The number of rotatable bonds is 2. The third-order valence-electron chi connectivity index (χ3n) is 2.48.